The van der Waals surface area contributed by atoms with Gasteiger partial charge in [0.25, 0.3) is 0 Å². The van der Waals surface area contributed by atoms with Gasteiger partial charge in [-0.05, 0) is 36.3 Å². The molecule has 1 heterocycles. The standard InChI is InChI=1S/C17H25N3/c1-2-12-6-5-7-13(10-12)17(20-18)15-11-19-16-9-4-3-8-14(15)16/h3-4,8-9,11-13,17,19-20H,2,5-7,10,18H2,1H3. The molecule has 1 aromatic heterocycles. The van der Waals surface area contributed by atoms with Gasteiger partial charge < -0.3 is 4.98 Å². The molecule has 1 saturated carbocycles. The number of hydrogen-bond acceptors (Lipinski definition) is 2. The fraction of sp³-hybridized carbons (Fsp3) is 0.529. The maximum atomic E-state index is 5.91. The van der Waals surface area contributed by atoms with Gasteiger partial charge in [0.2, 0.25) is 0 Å². The summed E-state index contributed by atoms with van der Waals surface area (Å²) >= 11 is 0. The predicted molar refractivity (Wildman–Crippen MR) is 84.1 cm³/mol. The van der Waals surface area contributed by atoms with Crippen LogP contribution in [0.15, 0.2) is 30.5 Å². The summed E-state index contributed by atoms with van der Waals surface area (Å²) in [5.74, 6) is 7.43. The van der Waals surface area contributed by atoms with Crippen molar-refractivity contribution in [3.05, 3.63) is 36.0 Å². The van der Waals surface area contributed by atoms with E-state index in [4.69, 9.17) is 5.84 Å². The van der Waals surface area contributed by atoms with Gasteiger partial charge in [-0.2, -0.15) is 0 Å². The van der Waals surface area contributed by atoms with Crippen molar-refractivity contribution in [2.75, 3.05) is 0 Å². The minimum atomic E-state index is 0.264. The molecule has 1 aliphatic carbocycles. The number of nitrogens with two attached hydrogens (primary N) is 1. The number of benzene rings is 1. The van der Waals surface area contributed by atoms with Crippen molar-refractivity contribution in [1.29, 1.82) is 0 Å². The van der Waals surface area contributed by atoms with Gasteiger partial charge in [0.05, 0.1) is 6.04 Å². The van der Waals surface area contributed by atoms with Crippen LogP contribution in [0.25, 0.3) is 10.9 Å². The normalized spacial score (nSPS) is 24.9. The Morgan fingerprint density at radius 2 is 2.20 bits per heavy atom. The van der Waals surface area contributed by atoms with Gasteiger partial charge in [-0.15, -0.1) is 0 Å². The van der Waals surface area contributed by atoms with Crippen molar-refractivity contribution >= 4 is 10.9 Å². The largest absolute Gasteiger partial charge is 0.361 e. The van der Waals surface area contributed by atoms with Crippen LogP contribution in [0, 0.1) is 11.8 Å². The number of nitrogens with one attached hydrogen (secondary N) is 2. The van der Waals surface area contributed by atoms with Crippen molar-refractivity contribution in [2.45, 2.75) is 45.1 Å². The van der Waals surface area contributed by atoms with Gasteiger partial charge in [-0.25, -0.2) is 0 Å². The second kappa shape index (κ2) is 5.98. The number of para-hydroxylation sites is 1. The van der Waals surface area contributed by atoms with E-state index in [1.165, 1.54) is 48.6 Å². The van der Waals surface area contributed by atoms with Crippen LogP contribution in [0.4, 0.5) is 0 Å². The molecule has 1 aromatic carbocycles. The van der Waals surface area contributed by atoms with Crippen molar-refractivity contribution in [2.24, 2.45) is 17.7 Å². The maximum absolute atomic E-state index is 5.91. The summed E-state index contributed by atoms with van der Waals surface area (Å²) in [6.07, 6.45) is 8.73. The fourth-order valence-corrected chi connectivity index (χ4v) is 3.84. The first-order valence-electron chi connectivity index (χ1n) is 7.85. The van der Waals surface area contributed by atoms with E-state index in [9.17, 15) is 0 Å². The number of aromatic nitrogens is 1. The molecule has 0 radical (unpaired) electrons. The smallest absolute Gasteiger partial charge is 0.0509 e. The minimum Gasteiger partial charge on any atom is -0.361 e. The lowest BCUT2D eigenvalue weighted by atomic mass is 9.75. The van der Waals surface area contributed by atoms with E-state index in [1.54, 1.807) is 0 Å². The van der Waals surface area contributed by atoms with E-state index in [0.717, 1.165) is 5.92 Å². The van der Waals surface area contributed by atoms with E-state index in [-0.39, 0.29) is 6.04 Å². The number of aromatic amines is 1. The monoisotopic (exact) mass is 271 g/mol. The van der Waals surface area contributed by atoms with Crippen molar-refractivity contribution in [3.8, 4) is 0 Å². The third-order valence-corrected chi connectivity index (χ3v) is 5.01. The molecular weight excluding hydrogens is 246 g/mol. The third kappa shape index (κ3) is 2.48. The second-order valence-corrected chi connectivity index (χ2v) is 6.13. The molecule has 3 nitrogen and oxygen atoms in total. The summed E-state index contributed by atoms with van der Waals surface area (Å²) in [6, 6.07) is 8.75. The quantitative estimate of drug-likeness (QED) is 0.583. The average Bonchev–Trinajstić information content (AvgIpc) is 2.93. The van der Waals surface area contributed by atoms with Gasteiger partial charge in [0, 0.05) is 17.1 Å². The molecule has 3 heteroatoms. The Hall–Kier alpha value is -1.32. The third-order valence-electron chi connectivity index (χ3n) is 5.01. The lowest BCUT2D eigenvalue weighted by Crippen LogP contribution is -2.35. The van der Waals surface area contributed by atoms with Crippen LogP contribution >= 0.6 is 0 Å². The Morgan fingerprint density at radius 3 is 3.00 bits per heavy atom. The topological polar surface area (TPSA) is 53.8 Å². The number of H-pyrrole nitrogens is 1. The Morgan fingerprint density at radius 1 is 1.35 bits per heavy atom. The number of rotatable bonds is 4. The lowest BCUT2D eigenvalue weighted by molar-refractivity contribution is 0.211. The van der Waals surface area contributed by atoms with Crippen molar-refractivity contribution < 1.29 is 0 Å². The van der Waals surface area contributed by atoms with Gasteiger partial charge in [-0.3, -0.25) is 11.3 Å². The first kappa shape index (κ1) is 13.7. The van der Waals surface area contributed by atoms with Crippen LogP contribution in [0.1, 0.15) is 50.6 Å². The minimum absolute atomic E-state index is 0.264. The molecule has 3 rings (SSSR count). The fourth-order valence-electron chi connectivity index (χ4n) is 3.84. The van der Waals surface area contributed by atoms with E-state index in [1.807, 2.05) is 0 Å². The van der Waals surface area contributed by atoms with Crippen molar-refractivity contribution in [1.82, 2.24) is 10.4 Å². The first-order chi connectivity index (χ1) is 9.83. The highest BCUT2D eigenvalue weighted by Gasteiger charge is 2.29. The summed E-state index contributed by atoms with van der Waals surface area (Å²) in [6.45, 7) is 2.31. The molecule has 2 aromatic rings. The molecule has 3 unspecified atom stereocenters. The van der Waals surface area contributed by atoms with Crippen LogP contribution in [0.5, 0.6) is 0 Å². The Kier molecular flexibility index (Phi) is 4.08. The molecule has 0 amide bonds. The van der Waals surface area contributed by atoms with Gasteiger partial charge in [-0.1, -0.05) is 44.4 Å². The van der Waals surface area contributed by atoms with Crippen molar-refractivity contribution in [3.63, 3.8) is 0 Å². The summed E-state index contributed by atoms with van der Waals surface area (Å²) in [4.78, 5) is 3.37. The van der Waals surface area contributed by atoms with Crippen LogP contribution < -0.4 is 11.3 Å². The maximum Gasteiger partial charge on any atom is 0.0509 e. The molecule has 0 aliphatic heterocycles. The second-order valence-electron chi connectivity index (χ2n) is 6.13. The molecule has 3 atom stereocenters. The molecule has 20 heavy (non-hydrogen) atoms. The summed E-state index contributed by atoms with van der Waals surface area (Å²) < 4.78 is 0. The molecule has 1 fully saturated rings. The predicted octanol–water partition coefficient (Wildman–Crippen LogP) is 3.89. The lowest BCUT2D eigenvalue weighted by Gasteiger charge is -2.34. The molecule has 0 bridgehead atoms. The summed E-state index contributed by atoms with van der Waals surface area (Å²) in [5.41, 5.74) is 5.61. The molecule has 0 saturated heterocycles. The summed E-state index contributed by atoms with van der Waals surface area (Å²) in [7, 11) is 0. The van der Waals surface area contributed by atoms with Crippen LogP contribution in [0.2, 0.25) is 0 Å². The first-order valence-corrected chi connectivity index (χ1v) is 7.85. The van der Waals surface area contributed by atoms with E-state index < -0.39 is 0 Å². The highest BCUT2D eigenvalue weighted by Crippen LogP contribution is 2.39. The Labute approximate surface area is 120 Å². The Balaban J connectivity index is 1.89. The zero-order valence-electron chi connectivity index (χ0n) is 12.2. The zero-order chi connectivity index (χ0) is 13.9. The van der Waals surface area contributed by atoms with Crippen LogP contribution in [-0.2, 0) is 0 Å². The van der Waals surface area contributed by atoms with Crippen LogP contribution in [-0.4, -0.2) is 4.98 Å². The summed E-state index contributed by atoms with van der Waals surface area (Å²) in [5, 5.41) is 1.30. The number of hydrogen-bond donors (Lipinski definition) is 3. The highest BCUT2D eigenvalue weighted by molar-refractivity contribution is 5.83. The molecule has 108 valence electrons. The molecule has 4 N–H and O–H groups in total. The number of fused-ring (bicyclic) bond motifs is 1. The van der Waals surface area contributed by atoms with E-state index in [2.05, 4.69) is 47.8 Å². The van der Waals surface area contributed by atoms with E-state index in [0.29, 0.717) is 5.92 Å². The highest BCUT2D eigenvalue weighted by atomic mass is 15.2. The van der Waals surface area contributed by atoms with Gasteiger partial charge >= 0.3 is 0 Å². The zero-order valence-corrected chi connectivity index (χ0v) is 12.2. The SMILES string of the molecule is CCC1CCCC(C(NN)c2c[nH]c3ccccc23)C1. The average molecular weight is 271 g/mol. The number of hydrazine groups is 1. The van der Waals surface area contributed by atoms with E-state index >= 15 is 0 Å². The molecular formula is C17H25N3. The molecule has 1 aliphatic rings. The van der Waals surface area contributed by atoms with Crippen LogP contribution in [0.3, 0.4) is 0 Å². The van der Waals surface area contributed by atoms with Gasteiger partial charge in [0.15, 0.2) is 0 Å². The van der Waals surface area contributed by atoms with Gasteiger partial charge in [0.1, 0.15) is 0 Å². The molecule has 0 spiro atoms. The Bertz CT molecular complexity index is 560.